The van der Waals surface area contributed by atoms with E-state index in [1.807, 2.05) is 12.1 Å². The molecule has 0 aromatic carbocycles. The van der Waals surface area contributed by atoms with Crippen LogP contribution in [0.3, 0.4) is 0 Å². The Kier molecular flexibility index (Phi) is 5.67. The molecule has 1 heterocycles. The monoisotopic (exact) mass is 200 g/mol. The van der Waals surface area contributed by atoms with Crippen LogP contribution in [0.2, 0.25) is 0 Å². The zero-order valence-corrected chi connectivity index (χ0v) is 8.92. The molecule has 1 rings (SSSR count). The molecule has 0 saturated heterocycles. The van der Waals surface area contributed by atoms with Crippen LogP contribution in [0.15, 0.2) is 24.5 Å². The number of aromatic nitrogens is 1. The molecule has 0 amide bonds. The summed E-state index contributed by atoms with van der Waals surface area (Å²) >= 11 is 0. The van der Waals surface area contributed by atoms with E-state index in [4.69, 9.17) is 5.73 Å². The van der Waals surface area contributed by atoms with Gasteiger partial charge in [-0.05, 0) is 23.6 Å². The second-order valence-corrected chi connectivity index (χ2v) is 3.19. The van der Waals surface area contributed by atoms with Gasteiger partial charge in [0.15, 0.2) is 0 Å². The largest absolute Gasteiger partial charge is 0.324 e. The molecule has 3 heteroatoms. The van der Waals surface area contributed by atoms with Gasteiger partial charge < -0.3 is 5.73 Å². The third kappa shape index (κ3) is 3.33. The van der Waals surface area contributed by atoms with Crippen LogP contribution in [0.4, 0.5) is 0 Å². The van der Waals surface area contributed by atoms with Gasteiger partial charge in [0.2, 0.25) is 0 Å². The number of nitrogens with zero attached hydrogens (tertiary/aromatic N) is 1. The Morgan fingerprint density at radius 1 is 1.38 bits per heavy atom. The summed E-state index contributed by atoms with van der Waals surface area (Å²) in [5, 5.41) is 0. The van der Waals surface area contributed by atoms with Gasteiger partial charge in [-0.2, -0.15) is 0 Å². The average molecular weight is 201 g/mol. The van der Waals surface area contributed by atoms with E-state index in [1.54, 1.807) is 12.4 Å². The predicted octanol–water partition coefficient (Wildman–Crippen LogP) is 2.55. The fraction of sp³-hybridized carbons (Fsp3) is 0.500. The summed E-state index contributed by atoms with van der Waals surface area (Å²) in [6, 6.07) is 4.12. The molecule has 1 unspecified atom stereocenters. The SMILES string of the molecule is CCC(C)[C@H](N)c1ccncc1.Cl. The van der Waals surface area contributed by atoms with Crippen molar-refractivity contribution in [3.8, 4) is 0 Å². The normalized spacial score (nSPS) is 14.4. The van der Waals surface area contributed by atoms with E-state index in [2.05, 4.69) is 18.8 Å². The summed E-state index contributed by atoms with van der Waals surface area (Å²) < 4.78 is 0. The molecule has 0 saturated carbocycles. The maximum absolute atomic E-state index is 6.02. The average Bonchev–Trinajstić information content (AvgIpc) is 2.17. The van der Waals surface area contributed by atoms with Gasteiger partial charge in [-0.25, -0.2) is 0 Å². The molecule has 0 aliphatic rings. The molecular formula is C10H17ClN2. The quantitative estimate of drug-likeness (QED) is 0.815. The Hall–Kier alpha value is -0.600. The minimum Gasteiger partial charge on any atom is -0.324 e. The number of hydrogen-bond acceptors (Lipinski definition) is 2. The third-order valence-corrected chi connectivity index (χ3v) is 2.35. The number of halogens is 1. The number of nitrogens with two attached hydrogens (primary N) is 1. The summed E-state index contributed by atoms with van der Waals surface area (Å²) in [4.78, 5) is 3.96. The maximum Gasteiger partial charge on any atom is 0.0321 e. The molecule has 0 fully saturated rings. The second kappa shape index (κ2) is 5.95. The Bertz CT molecular complexity index is 226. The van der Waals surface area contributed by atoms with Crippen LogP contribution in [0.5, 0.6) is 0 Å². The van der Waals surface area contributed by atoms with Gasteiger partial charge in [0.05, 0.1) is 0 Å². The first kappa shape index (κ1) is 12.4. The molecule has 0 aliphatic heterocycles. The van der Waals surface area contributed by atoms with Crippen LogP contribution in [-0.2, 0) is 0 Å². The molecule has 1 aromatic heterocycles. The van der Waals surface area contributed by atoms with Crippen molar-refractivity contribution >= 4 is 12.4 Å². The molecule has 74 valence electrons. The van der Waals surface area contributed by atoms with E-state index in [0.717, 1.165) is 6.42 Å². The lowest BCUT2D eigenvalue weighted by atomic mass is 9.94. The van der Waals surface area contributed by atoms with Crippen LogP contribution in [0.25, 0.3) is 0 Å². The lowest BCUT2D eigenvalue weighted by Gasteiger charge is -2.17. The highest BCUT2D eigenvalue weighted by atomic mass is 35.5. The van der Waals surface area contributed by atoms with Gasteiger partial charge in [0.25, 0.3) is 0 Å². The van der Waals surface area contributed by atoms with Crippen molar-refractivity contribution < 1.29 is 0 Å². The van der Waals surface area contributed by atoms with Crippen LogP contribution >= 0.6 is 12.4 Å². The van der Waals surface area contributed by atoms with Crippen LogP contribution in [-0.4, -0.2) is 4.98 Å². The number of pyridine rings is 1. The minimum atomic E-state index is 0. The first-order valence-electron chi connectivity index (χ1n) is 4.41. The summed E-state index contributed by atoms with van der Waals surface area (Å²) in [5.74, 6) is 0.535. The summed E-state index contributed by atoms with van der Waals surface area (Å²) in [6.07, 6.45) is 4.69. The van der Waals surface area contributed by atoms with Gasteiger partial charge in [-0.1, -0.05) is 20.3 Å². The molecular weight excluding hydrogens is 184 g/mol. The van der Waals surface area contributed by atoms with Crippen LogP contribution in [0, 0.1) is 5.92 Å². The molecule has 13 heavy (non-hydrogen) atoms. The van der Waals surface area contributed by atoms with Crippen molar-refractivity contribution in [3.63, 3.8) is 0 Å². The van der Waals surface area contributed by atoms with E-state index < -0.39 is 0 Å². The Morgan fingerprint density at radius 3 is 2.38 bits per heavy atom. The van der Waals surface area contributed by atoms with Gasteiger partial charge in [0.1, 0.15) is 0 Å². The van der Waals surface area contributed by atoms with Crippen LogP contribution in [0.1, 0.15) is 31.9 Å². The van der Waals surface area contributed by atoms with Crippen LogP contribution < -0.4 is 5.73 Å². The highest BCUT2D eigenvalue weighted by Crippen LogP contribution is 2.20. The van der Waals surface area contributed by atoms with Crippen molar-refractivity contribution in [2.45, 2.75) is 26.3 Å². The molecule has 0 aliphatic carbocycles. The van der Waals surface area contributed by atoms with Crippen molar-refractivity contribution in [1.82, 2.24) is 4.98 Å². The molecule has 1 aromatic rings. The van der Waals surface area contributed by atoms with E-state index in [1.165, 1.54) is 5.56 Å². The lowest BCUT2D eigenvalue weighted by molar-refractivity contribution is 0.456. The molecule has 0 bridgehead atoms. The molecule has 2 nitrogen and oxygen atoms in total. The van der Waals surface area contributed by atoms with Gasteiger partial charge in [-0.15, -0.1) is 12.4 Å². The minimum absolute atomic E-state index is 0. The zero-order chi connectivity index (χ0) is 8.97. The topological polar surface area (TPSA) is 38.9 Å². The van der Waals surface area contributed by atoms with E-state index in [-0.39, 0.29) is 18.4 Å². The number of rotatable bonds is 3. The predicted molar refractivity (Wildman–Crippen MR) is 57.9 cm³/mol. The first-order chi connectivity index (χ1) is 5.75. The Balaban J connectivity index is 0.00000144. The second-order valence-electron chi connectivity index (χ2n) is 3.19. The standard InChI is InChI=1S/C10H16N2.ClH/c1-3-8(2)10(11)9-4-6-12-7-5-9;/h4-8,10H,3,11H2,1-2H3;1H/t8?,10-;/m0./s1. The van der Waals surface area contributed by atoms with E-state index >= 15 is 0 Å². The van der Waals surface area contributed by atoms with Crippen molar-refractivity contribution in [2.24, 2.45) is 11.7 Å². The Labute approximate surface area is 86.0 Å². The fourth-order valence-corrected chi connectivity index (χ4v) is 1.17. The highest BCUT2D eigenvalue weighted by Gasteiger charge is 2.11. The fourth-order valence-electron chi connectivity index (χ4n) is 1.17. The zero-order valence-electron chi connectivity index (χ0n) is 8.10. The lowest BCUT2D eigenvalue weighted by Crippen LogP contribution is -2.18. The number of hydrogen-bond donors (Lipinski definition) is 1. The van der Waals surface area contributed by atoms with Crippen molar-refractivity contribution in [3.05, 3.63) is 30.1 Å². The molecule has 2 atom stereocenters. The summed E-state index contributed by atoms with van der Waals surface area (Å²) in [6.45, 7) is 4.33. The summed E-state index contributed by atoms with van der Waals surface area (Å²) in [7, 11) is 0. The van der Waals surface area contributed by atoms with Crippen molar-refractivity contribution in [2.75, 3.05) is 0 Å². The third-order valence-electron chi connectivity index (χ3n) is 2.35. The highest BCUT2D eigenvalue weighted by molar-refractivity contribution is 5.85. The van der Waals surface area contributed by atoms with E-state index in [0.29, 0.717) is 5.92 Å². The molecule has 0 spiro atoms. The van der Waals surface area contributed by atoms with Gasteiger partial charge in [0, 0.05) is 18.4 Å². The van der Waals surface area contributed by atoms with Crippen molar-refractivity contribution in [1.29, 1.82) is 0 Å². The maximum atomic E-state index is 6.02. The Morgan fingerprint density at radius 2 is 1.92 bits per heavy atom. The first-order valence-corrected chi connectivity index (χ1v) is 4.41. The summed E-state index contributed by atoms with van der Waals surface area (Å²) in [5.41, 5.74) is 7.20. The van der Waals surface area contributed by atoms with Gasteiger partial charge >= 0.3 is 0 Å². The van der Waals surface area contributed by atoms with Gasteiger partial charge in [-0.3, -0.25) is 4.98 Å². The molecule has 0 radical (unpaired) electrons. The smallest absolute Gasteiger partial charge is 0.0321 e. The molecule has 2 N–H and O–H groups in total. The van der Waals surface area contributed by atoms with E-state index in [9.17, 15) is 0 Å².